The number of amides is 1. The van der Waals surface area contributed by atoms with Crippen LogP contribution in [0.3, 0.4) is 0 Å². The average Bonchev–Trinajstić information content (AvgIpc) is 3.00. The number of sulfone groups is 1. The first kappa shape index (κ1) is 19.3. The number of benzene rings is 2. The number of hydrogen-bond acceptors (Lipinski definition) is 3. The van der Waals surface area contributed by atoms with Gasteiger partial charge in [0.15, 0.2) is 9.84 Å². The Morgan fingerprint density at radius 3 is 2.52 bits per heavy atom. The summed E-state index contributed by atoms with van der Waals surface area (Å²) in [6.07, 6.45) is 3.50. The van der Waals surface area contributed by atoms with Gasteiger partial charge in [0.2, 0.25) is 5.91 Å². The van der Waals surface area contributed by atoms with E-state index in [0.717, 1.165) is 11.1 Å². The molecule has 1 fully saturated rings. The molecule has 0 spiro atoms. The molecule has 0 aromatic heterocycles. The van der Waals surface area contributed by atoms with E-state index in [1.54, 1.807) is 24.3 Å². The zero-order valence-electron chi connectivity index (χ0n) is 15.1. The van der Waals surface area contributed by atoms with Gasteiger partial charge in [0, 0.05) is 24.2 Å². The van der Waals surface area contributed by atoms with Crippen LogP contribution in [0.4, 0.5) is 4.39 Å². The van der Waals surface area contributed by atoms with E-state index in [4.69, 9.17) is 0 Å². The van der Waals surface area contributed by atoms with Gasteiger partial charge in [0.05, 0.1) is 11.5 Å². The molecule has 0 unspecified atom stereocenters. The molecule has 1 amide bonds. The summed E-state index contributed by atoms with van der Waals surface area (Å²) in [7, 11) is -3.16. The Kier molecular flexibility index (Phi) is 5.75. The van der Waals surface area contributed by atoms with Crippen molar-refractivity contribution in [1.29, 1.82) is 0 Å². The lowest BCUT2D eigenvalue weighted by atomic mass is 10.1. The van der Waals surface area contributed by atoms with Crippen LogP contribution in [0.5, 0.6) is 0 Å². The topological polar surface area (TPSA) is 54.5 Å². The van der Waals surface area contributed by atoms with E-state index < -0.39 is 21.7 Å². The fraction of sp³-hybridized carbons (Fsp3) is 0.286. The zero-order valence-corrected chi connectivity index (χ0v) is 16.0. The second kappa shape index (κ2) is 8.05. The molecule has 142 valence electrons. The highest BCUT2D eigenvalue weighted by Gasteiger charge is 2.34. The van der Waals surface area contributed by atoms with Gasteiger partial charge in [-0.3, -0.25) is 4.79 Å². The summed E-state index contributed by atoms with van der Waals surface area (Å²) < 4.78 is 37.8. The van der Waals surface area contributed by atoms with Crippen LogP contribution in [-0.2, 0) is 21.2 Å². The maximum Gasteiger partial charge on any atom is 0.247 e. The number of aryl methyl sites for hydroxylation is 1. The second-order valence-electron chi connectivity index (χ2n) is 6.86. The van der Waals surface area contributed by atoms with Crippen LogP contribution in [0.2, 0.25) is 0 Å². The SMILES string of the molecule is Cc1ccc(/C=C/C(=O)N(Cc2ccccc2F)[C@H]2CCS(=O)(=O)C2)cc1. The third-order valence-electron chi connectivity index (χ3n) is 4.73. The fourth-order valence-corrected chi connectivity index (χ4v) is 4.89. The number of rotatable bonds is 5. The number of carbonyl (C=O) groups is 1. The van der Waals surface area contributed by atoms with Gasteiger partial charge in [-0.1, -0.05) is 48.0 Å². The first-order valence-electron chi connectivity index (χ1n) is 8.83. The first-order chi connectivity index (χ1) is 12.8. The largest absolute Gasteiger partial charge is 0.331 e. The van der Waals surface area contributed by atoms with Gasteiger partial charge < -0.3 is 4.90 Å². The van der Waals surface area contributed by atoms with E-state index in [2.05, 4.69) is 0 Å². The van der Waals surface area contributed by atoms with Crippen LogP contribution >= 0.6 is 0 Å². The Hall–Kier alpha value is -2.47. The molecule has 2 aromatic carbocycles. The smallest absolute Gasteiger partial charge is 0.247 e. The zero-order chi connectivity index (χ0) is 19.4. The van der Waals surface area contributed by atoms with Crippen molar-refractivity contribution < 1.29 is 17.6 Å². The van der Waals surface area contributed by atoms with E-state index in [9.17, 15) is 17.6 Å². The molecular weight excluding hydrogens is 365 g/mol. The number of hydrogen-bond donors (Lipinski definition) is 0. The molecule has 0 radical (unpaired) electrons. The normalized spacial score (nSPS) is 18.7. The number of nitrogens with zero attached hydrogens (tertiary/aromatic N) is 1. The van der Waals surface area contributed by atoms with Crippen molar-refractivity contribution in [3.8, 4) is 0 Å². The highest BCUT2D eigenvalue weighted by molar-refractivity contribution is 7.91. The van der Waals surface area contributed by atoms with E-state index in [-0.39, 0.29) is 24.0 Å². The highest BCUT2D eigenvalue weighted by Crippen LogP contribution is 2.22. The van der Waals surface area contributed by atoms with Crippen LogP contribution < -0.4 is 0 Å². The number of carbonyl (C=O) groups excluding carboxylic acids is 1. The van der Waals surface area contributed by atoms with Gasteiger partial charge >= 0.3 is 0 Å². The molecule has 1 atom stereocenters. The van der Waals surface area contributed by atoms with Crippen molar-refractivity contribution >= 4 is 21.8 Å². The van der Waals surface area contributed by atoms with Crippen LogP contribution in [-0.4, -0.2) is 36.8 Å². The standard InChI is InChI=1S/C21H22FNO3S/c1-16-6-8-17(9-7-16)10-11-21(24)23(19-12-13-27(25,26)15-19)14-18-4-2-3-5-20(18)22/h2-11,19H,12-15H2,1H3/b11-10+/t19-/m0/s1. The number of halogens is 1. The molecule has 0 saturated carbocycles. The summed E-state index contributed by atoms with van der Waals surface area (Å²) in [5.74, 6) is -0.744. The van der Waals surface area contributed by atoms with Crippen molar-refractivity contribution in [2.24, 2.45) is 0 Å². The van der Waals surface area contributed by atoms with Crippen LogP contribution in [0, 0.1) is 12.7 Å². The predicted octanol–water partition coefficient (Wildman–Crippen LogP) is 3.36. The lowest BCUT2D eigenvalue weighted by molar-refractivity contribution is -0.128. The summed E-state index contributed by atoms with van der Waals surface area (Å²) in [4.78, 5) is 14.3. The summed E-state index contributed by atoms with van der Waals surface area (Å²) >= 11 is 0. The van der Waals surface area contributed by atoms with Crippen LogP contribution in [0.25, 0.3) is 6.08 Å². The lowest BCUT2D eigenvalue weighted by Gasteiger charge is -2.27. The van der Waals surface area contributed by atoms with Crippen LogP contribution in [0.15, 0.2) is 54.6 Å². The van der Waals surface area contributed by atoms with Gasteiger partial charge in [-0.2, -0.15) is 0 Å². The Balaban J connectivity index is 1.83. The van der Waals surface area contributed by atoms with Crippen LogP contribution in [0.1, 0.15) is 23.1 Å². The third kappa shape index (κ3) is 5.04. The third-order valence-corrected chi connectivity index (χ3v) is 6.48. The molecule has 27 heavy (non-hydrogen) atoms. The maximum absolute atomic E-state index is 14.1. The van der Waals surface area contributed by atoms with Crippen molar-refractivity contribution in [1.82, 2.24) is 4.90 Å². The molecule has 1 heterocycles. The molecule has 2 aromatic rings. The van der Waals surface area contributed by atoms with Gasteiger partial charge in [-0.05, 0) is 31.1 Å². The first-order valence-corrected chi connectivity index (χ1v) is 10.7. The second-order valence-corrected chi connectivity index (χ2v) is 9.09. The molecule has 0 aliphatic carbocycles. The van der Waals surface area contributed by atoms with Crippen molar-refractivity contribution in [2.75, 3.05) is 11.5 Å². The highest BCUT2D eigenvalue weighted by atomic mass is 32.2. The quantitative estimate of drug-likeness (QED) is 0.739. The van der Waals surface area contributed by atoms with Gasteiger partial charge in [-0.25, -0.2) is 12.8 Å². The predicted molar refractivity (Wildman–Crippen MR) is 104 cm³/mol. The molecule has 0 N–H and O–H groups in total. The summed E-state index contributed by atoms with van der Waals surface area (Å²) in [6.45, 7) is 2.03. The lowest BCUT2D eigenvalue weighted by Crippen LogP contribution is -2.39. The minimum absolute atomic E-state index is 0.0456. The molecule has 1 aliphatic heterocycles. The summed E-state index contributed by atoms with van der Waals surface area (Å²) in [6, 6.07) is 13.5. The summed E-state index contributed by atoms with van der Waals surface area (Å²) in [5, 5.41) is 0. The minimum Gasteiger partial charge on any atom is -0.331 e. The average molecular weight is 387 g/mol. The molecule has 6 heteroatoms. The minimum atomic E-state index is -3.16. The van der Waals surface area contributed by atoms with Crippen molar-refractivity contribution in [3.63, 3.8) is 0 Å². The van der Waals surface area contributed by atoms with E-state index >= 15 is 0 Å². The molecule has 3 rings (SSSR count). The van der Waals surface area contributed by atoms with E-state index in [0.29, 0.717) is 12.0 Å². The van der Waals surface area contributed by atoms with Gasteiger partial charge in [0.25, 0.3) is 0 Å². The molecule has 4 nitrogen and oxygen atoms in total. The maximum atomic E-state index is 14.1. The monoisotopic (exact) mass is 387 g/mol. The Morgan fingerprint density at radius 2 is 1.89 bits per heavy atom. The molecule has 1 aliphatic rings. The van der Waals surface area contributed by atoms with E-state index in [1.165, 1.54) is 17.0 Å². The Labute approximate surface area is 159 Å². The van der Waals surface area contributed by atoms with Crippen molar-refractivity contribution in [3.05, 3.63) is 77.1 Å². The summed E-state index contributed by atoms with van der Waals surface area (Å²) in [5.41, 5.74) is 2.37. The fourth-order valence-electron chi connectivity index (χ4n) is 3.16. The van der Waals surface area contributed by atoms with E-state index in [1.807, 2.05) is 31.2 Å². The van der Waals surface area contributed by atoms with Gasteiger partial charge in [-0.15, -0.1) is 0 Å². The van der Waals surface area contributed by atoms with Crippen molar-refractivity contribution in [2.45, 2.75) is 25.9 Å². The Morgan fingerprint density at radius 1 is 1.19 bits per heavy atom. The molecule has 0 bridgehead atoms. The molecule has 1 saturated heterocycles. The Bertz CT molecular complexity index is 952. The molecular formula is C21H22FNO3S. The van der Waals surface area contributed by atoms with Gasteiger partial charge in [0.1, 0.15) is 5.82 Å².